The van der Waals surface area contributed by atoms with Gasteiger partial charge in [-0.25, -0.2) is 4.79 Å². The van der Waals surface area contributed by atoms with Gasteiger partial charge in [0.05, 0.1) is 13.2 Å². The average Bonchev–Trinajstić information content (AvgIpc) is 2.84. The van der Waals surface area contributed by atoms with Gasteiger partial charge in [0.1, 0.15) is 5.75 Å². The van der Waals surface area contributed by atoms with Gasteiger partial charge in [-0.05, 0) is 30.7 Å². The molecular weight excluding hydrogens is 234 g/mol. The topological polar surface area (TPSA) is 55.8 Å². The molecule has 1 amide bonds. The van der Waals surface area contributed by atoms with Crippen LogP contribution >= 0.6 is 0 Å². The van der Waals surface area contributed by atoms with Gasteiger partial charge < -0.3 is 14.4 Å². The summed E-state index contributed by atoms with van der Waals surface area (Å²) in [5, 5.41) is 0. The minimum absolute atomic E-state index is 0.191. The molecule has 5 heteroatoms. The van der Waals surface area contributed by atoms with E-state index in [9.17, 15) is 9.59 Å². The molecule has 2 rings (SSSR count). The van der Waals surface area contributed by atoms with Gasteiger partial charge in [0.2, 0.25) is 0 Å². The highest BCUT2D eigenvalue weighted by atomic mass is 16.5. The highest BCUT2D eigenvalue weighted by Gasteiger charge is 2.22. The Morgan fingerprint density at radius 2 is 2.22 bits per heavy atom. The predicted molar refractivity (Wildman–Crippen MR) is 65.7 cm³/mol. The van der Waals surface area contributed by atoms with Gasteiger partial charge in [0.25, 0.3) is 0 Å². The summed E-state index contributed by atoms with van der Waals surface area (Å²) in [5.41, 5.74) is 1.72. The van der Waals surface area contributed by atoms with Crippen molar-refractivity contribution in [3.8, 4) is 5.75 Å². The molecule has 0 fully saturated rings. The molecule has 0 atom stereocenters. The average molecular weight is 249 g/mol. The molecule has 1 aromatic rings. The second kappa shape index (κ2) is 5.08. The van der Waals surface area contributed by atoms with Crippen molar-refractivity contribution < 1.29 is 19.1 Å². The molecular formula is C13H15NO4. The first kappa shape index (κ1) is 12.4. The number of nitrogens with zero attached hydrogens (tertiary/aromatic N) is 1. The number of ether oxygens (including phenoxy) is 2. The lowest BCUT2D eigenvalue weighted by atomic mass is 10.1. The Morgan fingerprint density at radius 1 is 1.44 bits per heavy atom. The monoisotopic (exact) mass is 249 g/mol. The summed E-state index contributed by atoms with van der Waals surface area (Å²) < 4.78 is 10.1. The molecule has 0 saturated heterocycles. The molecule has 0 spiro atoms. The van der Waals surface area contributed by atoms with Crippen molar-refractivity contribution in [2.75, 3.05) is 25.2 Å². The number of amides is 1. The second-order valence-electron chi connectivity index (χ2n) is 3.98. The molecule has 0 aromatic heterocycles. The number of likely N-dealkylation sites (N-methyl/N-ethyl adjacent to an activating group) is 1. The number of fused-ring (bicyclic) bond motifs is 1. The third-order valence-corrected chi connectivity index (χ3v) is 2.82. The maximum atomic E-state index is 11.8. The van der Waals surface area contributed by atoms with Crippen LogP contribution in [-0.2, 0) is 20.7 Å². The predicted octanol–water partition coefficient (Wildman–Crippen LogP) is 1.15. The van der Waals surface area contributed by atoms with Crippen molar-refractivity contribution >= 4 is 17.6 Å². The Labute approximate surface area is 105 Å². The van der Waals surface area contributed by atoms with Crippen molar-refractivity contribution in [2.24, 2.45) is 0 Å². The fourth-order valence-electron chi connectivity index (χ4n) is 1.83. The third-order valence-electron chi connectivity index (χ3n) is 2.82. The summed E-state index contributed by atoms with van der Waals surface area (Å²) >= 11 is 0. The zero-order valence-corrected chi connectivity index (χ0v) is 10.4. The first-order chi connectivity index (χ1) is 8.63. The Balaban J connectivity index is 2.16. The summed E-state index contributed by atoms with van der Waals surface area (Å²) in [4.78, 5) is 24.4. The number of hydrogen-bond donors (Lipinski definition) is 0. The van der Waals surface area contributed by atoms with Crippen LogP contribution in [0, 0.1) is 0 Å². The van der Waals surface area contributed by atoms with Crippen LogP contribution in [0.5, 0.6) is 5.75 Å². The van der Waals surface area contributed by atoms with Crippen LogP contribution in [-0.4, -0.2) is 32.1 Å². The molecule has 96 valence electrons. The SMILES string of the molecule is CCOC(=O)C(=O)N(C)c1ccc2c(c1)CCO2. The van der Waals surface area contributed by atoms with Crippen molar-refractivity contribution in [1.82, 2.24) is 0 Å². The number of anilines is 1. The lowest BCUT2D eigenvalue weighted by Gasteiger charge is -2.16. The minimum atomic E-state index is -0.836. The number of carbonyl (C=O) groups is 2. The van der Waals surface area contributed by atoms with E-state index in [4.69, 9.17) is 4.74 Å². The molecule has 1 aliphatic heterocycles. The first-order valence-corrected chi connectivity index (χ1v) is 5.84. The Kier molecular flexibility index (Phi) is 3.50. The Morgan fingerprint density at radius 3 is 2.94 bits per heavy atom. The van der Waals surface area contributed by atoms with Gasteiger partial charge in [0.15, 0.2) is 0 Å². The quantitative estimate of drug-likeness (QED) is 0.582. The number of carbonyl (C=O) groups excluding carboxylic acids is 2. The molecule has 0 aliphatic carbocycles. The molecule has 0 radical (unpaired) electrons. The molecule has 0 saturated carbocycles. The summed E-state index contributed by atoms with van der Waals surface area (Å²) in [5.74, 6) is -0.664. The van der Waals surface area contributed by atoms with E-state index in [1.54, 1.807) is 20.0 Å². The maximum absolute atomic E-state index is 11.8. The Hall–Kier alpha value is -2.04. The van der Waals surface area contributed by atoms with Gasteiger partial charge in [-0.3, -0.25) is 4.79 Å². The highest BCUT2D eigenvalue weighted by Crippen LogP contribution is 2.29. The lowest BCUT2D eigenvalue weighted by molar-refractivity contribution is -0.153. The van der Waals surface area contributed by atoms with Crippen LogP contribution in [0.4, 0.5) is 5.69 Å². The van der Waals surface area contributed by atoms with Crippen LogP contribution in [0.1, 0.15) is 12.5 Å². The van der Waals surface area contributed by atoms with Crippen LogP contribution in [0.25, 0.3) is 0 Å². The normalized spacial score (nSPS) is 12.6. The molecule has 18 heavy (non-hydrogen) atoms. The van der Waals surface area contributed by atoms with Crippen LogP contribution in [0.2, 0.25) is 0 Å². The largest absolute Gasteiger partial charge is 0.493 e. The standard InChI is InChI=1S/C13H15NO4/c1-3-17-13(16)12(15)14(2)10-4-5-11-9(8-10)6-7-18-11/h4-5,8H,3,6-7H2,1-2H3. The molecule has 0 N–H and O–H groups in total. The number of esters is 1. The smallest absolute Gasteiger partial charge is 0.397 e. The maximum Gasteiger partial charge on any atom is 0.397 e. The first-order valence-electron chi connectivity index (χ1n) is 5.84. The van der Waals surface area contributed by atoms with Crippen LogP contribution in [0.15, 0.2) is 18.2 Å². The van der Waals surface area contributed by atoms with E-state index < -0.39 is 11.9 Å². The zero-order chi connectivity index (χ0) is 13.1. The van der Waals surface area contributed by atoms with Crippen molar-refractivity contribution in [3.63, 3.8) is 0 Å². The molecule has 0 bridgehead atoms. The summed E-state index contributed by atoms with van der Waals surface area (Å²) in [6, 6.07) is 5.42. The summed E-state index contributed by atoms with van der Waals surface area (Å²) in [6.45, 7) is 2.52. The van der Waals surface area contributed by atoms with E-state index in [2.05, 4.69) is 4.74 Å². The summed E-state index contributed by atoms with van der Waals surface area (Å²) in [7, 11) is 1.55. The Bertz CT molecular complexity index is 484. The number of rotatable bonds is 2. The van der Waals surface area contributed by atoms with Crippen molar-refractivity contribution in [1.29, 1.82) is 0 Å². The van der Waals surface area contributed by atoms with Crippen LogP contribution < -0.4 is 9.64 Å². The van der Waals surface area contributed by atoms with E-state index in [-0.39, 0.29) is 6.61 Å². The number of benzene rings is 1. The molecule has 1 aliphatic rings. The summed E-state index contributed by atoms with van der Waals surface area (Å²) in [6.07, 6.45) is 0.824. The molecule has 5 nitrogen and oxygen atoms in total. The second-order valence-corrected chi connectivity index (χ2v) is 3.98. The molecule has 1 heterocycles. The van der Waals surface area contributed by atoms with Gasteiger partial charge in [-0.15, -0.1) is 0 Å². The van der Waals surface area contributed by atoms with Gasteiger partial charge >= 0.3 is 11.9 Å². The van der Waals surface area contributed by atoms with E-state index >= 15 is 0 Å². The van der Waals surface area contributed by atoms with Gasteiger partial charge in [-0.2, -0.15) is 0 Å². The van der Waals surface area contributed by atoms with E-state index in [0.717, 1.165) is 17.7 Å². The van der Waals surface area contributed by atoms with E-state index in [0.29, 0.717) is 12.3 Å². The fraction of sp³-hybridized carbons (Fsp3) is 0.385. The number of hydrogen-bond acceptors (Lipinski definition) is 4. The fourth-order valence-corrected chi connectivity index (χ4v) is 1.83. The van der Waals surface area contributed by atoms with Gasteiger partial charge in [0, 0.05) is 19.2 Å². The lowest BCUT2D eigenvalue weighted by Crippen LogP contribution is -2.34. The van der Waals surface area contributed by atoms with Crippen molar-refractivity contribution in [2.45, 2.75) is 13.3 Å². The van der Waals surface area contributed by atoms with Crippen molar-refractivity contribution in [3.05, 3.63) is 23.8 Å². The van der Waals surface area contributed by atoms with E-state index in [1.807, 2.05) is 12.1 Å². The highest BCUT2D eigenvalue weighted by molar-refractivity contribution is 6.37. The zero-order valence-electron chi connectivity index (χ0n) is 10.4. The minimum Gasteiger partial charge on any atom is -0.493 e. The molecule has 1 aromatic carbocycles. The van der Waals surface area contributed by atoms with Crippen LogP contribution in [0.3, 0.4) is 0 Å². The molecule has 0 unspecified atom stereocenters. The third kappa shape index (κ3) is 2.30. The van der Waals surface area contributed by atoms with E-state index in [1.165, 1.54) is 4.90 Å². The van der Waals surface area contributed by atoms with Gasteiger partial charge in [-0.1, -0.05) is 0 Å².